The molecule has 1 N–H and O–H groups in total. The van der Waals surface area contributed by atoms with Gasteiger partial charge in [0.15, 0.2) is 0 Å². The molecule has 0 atom stereocenters. The van der Waals surface area contributed by atoms with Crippen LogP contribution in [0.1, 0.15) is 18.4 Å². The van der Waals surface area contributed by atoms with Crippen molar-refractivity contribution < 1.29 is 4.74 Å². The van der Waals surface area contributed by atoms with Crippen molar-refractivity contribution >= 4 is 21.9 Å². The van der Waals surface area contributed by atoms with Gasteiger partial charge in [-0.15, -0.1) is 0 Å². The number of piperidine rings is 1. The van der Waals surface area contributed by atoms with Gasteiger partial charge in [-0.2, -0.15) is 0 Å². The normalized spacial score (nSPS) is 16.1. The molecule has 6 heteroatoms. The number of aryl methyl sites for hydroxylation is 1. The van der Waals surface area contributed by atoms with Crippen molar-refractivity contribution in [2.75, 3.05) is 20.1 Å². The molecule has 0 bridgehead atoms. The minimum Gasteiger partial charge on any atom is -0.474 e. The summed E-state index contributed by atoms with van der Waals surface area (Å²) in [6, 6.07) is 8.43. The van der Waals surface area contributed by atoms with E-state index in [4.69, 9.17) is 4.74 Å². The third kappa shape index (κ3) is 3.10. The largest absolute Gasteiger partial charge is 0.474 e. The standard InChI is InChI=1S/C22H23N5O/c1-14-9-17-19(12-24-21(17)23-11-14)15-3-4-20-18(10-15)22(26-13-25-20)28-16-5-7-27(2)8-6-16/h3-4,9-13,16H,5-8H2,1-2H3,(H,23,24). The molecule has 0 spiro atoms. The first-order valence-electron chi connectivity index (χ1n) is 9.71. The van der Waals surface area contributed by atoms with Crippen molar-refractivity contribution in [3.05, 3.63) is 48.5 Å². The van der Waals surface area contributed by atoms with E-state index < -0.39 is 0 Å². The molecule has 0 amide bonds. The number of fused-ring (bicyclic) bond motifs is 2. The minimum absolute atomic E-state index is 0.206. The quantitative estimate of drug-likeness (QED) is 0.589. The highest BCUT2D eigenvalue weighted by Crippen LogP contribution is 2.33. The Hall–Kier alpha value is -2.99. The lowest BCUT2D eigenvalue weighted by Gasteiger charge is -2.29. The topological polar surface area (TPSA) is 66.9 Å². The number of pyridine rings is 1. The Morgan fingerprint density at radius 1 is 1.07 bits per heavy atom. The zero-order valence-electron chi connectivity index (χ0n) is 16.1. The minimum atomic E-state index is 0.206. The second-order valence-corrected chi connectivity index (χ2v) is 7.64. The summed E-state index contributed by atoms with van der Waals surface area (Å²) in [5.41, 5.74) is 5.17. The maximum atomic E-state index is 6.30. The Kier molecular flexibility index (Phi) is 4.20. The lowest BCUT2D eigenvalue weighted by Crippen LogP contribution is -2.35. The third-order valence-electron chi connectivity index (χ3n) is 5.52. The van der Waals surface area contributed by atoms with E-state index in [9.17, 15) is 0 Å². The van der Waals surface area contributed by atoms with Crippen LogP contribution in [0.2, 0.25) is 0 Å². The number of aromatic amines is 1. The van der Waals surface area contributed by atoms with E-state index in [0.29, 0.717) is 5.88 Å². The summed E-state index contributed by atoms with van der Waals surface area (Å²) < 4.78 is 6.30. The number of nitrogens with one attached hydrogen (secondary N) is 1. The van der Waals surface area contributed by atoms with E-state index in [1.54, 1.807) is 6.33 Å². The first kappa shape index (κ1) is 17.1. The summed E-state index contributed by atoms with van der Waals surface area (Å²) in [5.74, 6) is 0.676. The van der Waals surface area contributed by atoms with Crippen LogP contribution in [0.4, 0.5) is 0 Å². The molecule has 1 saturated heterocycles. The molecule has 6 nitrogen and oxygen atoms in total. The van der Waals surface area contributed by atoms with E-state index in [-0.39, 0.29) is 6.10 Å². The fourth-order valence-corrected chi connectivity index (χ4v) is 3.90. The van der Waals surface area contributed by atoms with Crippen LogP contribution in [-0.2, 0) is 0 Å². The Labute approximate surface area is 163 Å². The van der Waals surface area contributed by atoms with Gasteiger partial charge >= 0.3 is 0 Å². The summed E-state index contributed by atoms with van der Waals surface area (Å²) in [4.78, 5) is 19.0. The van der Waals surface area contributed by atoms with Crippen LogP contribution in [-0.4, -0.2) is 51.1 Å². The van der Waals surface area contributed by atoms with Crippen molar-refractivity contribution in [3.8, 4) is 17.0 Å². The predicted octanol–water partition coefficient (Wildman–Crippen LogP) is 3.95. The lowest BCUT2D eigenvalue weighted by molar-refractivity contribution is 0.111. The Morgan fingerprint density at radius 3 is 2.79 bits per heavy atom. The molecule has 5 rings (SSSR count). The van der Waals surface area contributed by atoms with Crippen LogP contribution >= 0.6 is 0 Å². The summed E-state index contributed by atoms with van der Waals surface area (Å²) in [7, 11) is 2.15. The zero-order valence-corrected chi connectivity index (χ0v) is 16.1. The SMILES string of the molecule is Cc1cnc2[nH]cc(-c3ccc4ncnc(OC5CCN(C)CC5)c4c3)c2c1. The van der Waals surface area contributed by atoms with Gasteiger partial charge in [-0.25, -0.2) is 15.0 Å². The van der Waals surface area contributed by atoms with Crippen LogP contribution in [0.3, 0.4) is 0 Å². The number of hydrogen-bond donors (Lipinski definition) is 1. The molecule has 0 radical (unpaired) electrons. The Morgan fingerprint density at radius 2 is 1.93 bits per heavy atom. The molecule has 4 aromatic rings. The highest BCUT2D eigenvalue weighted by Gasteiger charge is 2.20. The molecule has 0 saturated carbocycles. The number of aromatic nitrogens is 4. The van der Waals surface area contributed by atoms with Gasteiger partial charge in [0.25, 0.3) is 0 Å². The molecule has 142 valence electrons. The number of H-pyrrole nitrogens is 1. The molecule has 1 fully saturated rings. The second-order valence-electron chi connectivity index (χ2n) is 7.64. The third-order valence-corrected chi connectivity index (χ3v) is 5.52. The van der Waals surface area contributed by atoms with Crippen molar-refractivity contribution in [2.45, 2.75) is 25.9 Å². The van der Waals surface area contributed by atoms with Crippen LogP contribution in [0.15, 0.2) is 43.0 Å². The fourth-order valence-electron chi connectivity index (χ4n) is 3.90. The van der Waals surface area contributed by atoms with Crippen molar-refractivity contribution in [3.63, 3.8) is 0 Å². The molecule has 4 heterocycles. The number of hydrogen-bond acceptors (Lipinski definition) is 5. The molecule has 1 aliphatic rings. The van der Waals surface area contributed by atoms with E-state index in [1.807, 2.05) is 18.5 Å². The Balaban J connectivity index is 1.55. The van der Waals surface area contributed by atoms with Gasteiger partial charge in [0, 0.05) is 36.4 Å². The summed E-state index contributed by atoms with van der Waals surface area (Å²) in [6.07, 6.45) is 7.73. The van der Waals surface area contributed by atoms with Crippen molar-refractivity contribution in [1.29, 1.82) is 0 Å². The molecule has 0 unspecified atom stereocenters. The van der Waals surface area contributed by atoms with Crippen LogP contribution in [0.5, 0.6) is 5.88 Å². The maximum absolute atomic E-state index is 6.30. The monoisotopic (exact) mass is 373 g/mol. The number of likely N-dealkylation sites (tertiary alicyclic amines) is 1. The number of benzene rings is 1. The summed E-state index contributed by atoms with van der Waals surface area (Å²) in [6.45, 7) is 4.17. The van der Waals surface area contributed by atoms with Crippen molar-refractivity contribution in [2.24, 2.45) is 0 Å². The smallest absolute Gasteiger partial charge is 0.224 e. The molecule has 28 heavy (non-hydrogen) atoms. The van der Waals surface area contributed by atoms with Gasteiger partial charge in [0.1, 0.15) is 18.1 Å². The Bertz CT molecular complexity index is 1140. The summed E-state index contributed by atoms with van der Waals surface area (Å²) in [5, 5.41) is 2.07. The van der Waals surface area contributed by atoms with Crippen molar-refractivity contribution in [1.82, 2.24) is 24.8 Å². The van der Waals surface area contributed by atoms with E-state index in [2.05, 4.69) is 57.0 Å². The van der Waals surface area contributed by atoms with Gasteiger partial charge in [-0.3, -0.25) is 0 Å². The number of rotatable bonds is 3. The highest BCUT2D eigenvalue weighted by atomic mass is 16.5. The van der Waals surface area contributed by atoms with E-state index in [1.165, 1.54) is 0 Å². The van der Waals surface area contributed by atoms with Gasteiger partial charge < -0.3 is 14.6 Å². The van der Waals surface area contributed by atoms with Gasteiger partial charge in [-0.1, -0.05) is 6.07 Å². The molecule has 1 aromatic carbocycles. The molecule has 0 aliphatic carbocycles. The average Bonchev–Trinajstić information content (AvgIpc) is 3.13. The van der Waals surface area contributed by atoms with Gasteiger partial charge in [0.2, 0.25) is 5.88 Å². The fraction of sp³-hybridized carbons (Fsp3) is 0.318. The highest BCUT2D eigenvalue weighted by molar-refractivity contribution is 5.97. The van der Waals surface area contributed by atoms with Gasteiger partial charge in [0.05, 0.1) is 10.9 Å². The first-order valence-corrected chi connectivity index (χ1v) is 9.71. The van der Waals surface area contributed by atoms with Gasteiger partial charge in [-0.05, 0) is 56.1 Å². The lowest BCUT2D eigenvalue weighted by atomic mass is 10.0. The maximum Gasteiger partial charge on any atom is 0.224 e. The van der Waals surface area contributed by atoms with E-state index in [0.717, 1.165) is 64.6 Å². The van der Waals surface area contributed by atoms with Crippen LogP contribution in [0.25, 0.3) is 33.1 Å². The molecular formula is C22H23N5O. The molecular weight excluding hydrogens is 350 g/mol. The predicted molar refractivity (Wildman–Crippen MR) is 111 cm³/mol. The average molecular weight is 373 g/mol. The van der Waals surface area contributed by atoms with Crippen LogP contribution < -0.4 is 4.74 Å². The molecule has 1 aliphatic heterocycles. The first-order chi connectivity index (χ1) is 13.7. The summed E-state index contributed by atoms with van der Waals surface area (Å²) >= 11 is 0. The number of ether oxygens (including phenoxy) is 1. The number of nitrogens with zero attached hydrogens (tertiary/aromatic N) is 4. The van der Waals surface area contributed by atoms with E-state index >= 15 is 0 Å². The second kappa shape index (κ2) is 6.87. The van der Waals surface area contributed by atoms with Crippen LogP contribution in [0, 0.1) is 6.92 Å². The zero-order chi connectivity index (χ0) is 19.1. The molecule has 3 aromatic heterocycles.